The fourth-order valence-electron chi connectivity index (χ4n) is 4.68. The van der Waals surface area contributed by atoms with E-state index in [1.165, 1.54) is 66.7 Å². The molecule has 6 aromatic rings. The van der Waals surface area contributed by atoms with Gasteiger partial charge in [-0.3, -0.25) is 9.78 Å². The Kier molecular flexibility index (Phi) is 6.61. The first-order valence-electron chi connectivity index (χ1n) is 12.6. The maximum absolute atomic E-state index is 13.9. The van der Waals surface area contributed by atoms with Gasteiger partial charge in [-0.1, -0.05) is 78.9 Å². The van der Waals surface area contributed by atoms with E-state index in [9.17, 15) is 21.6 Å². The van der Waals surface area contributed by atoms with Gasteiger partial charge in [0, 0.05) is 22.5 Å². The summed E-state index contributed by atoms with van der Waals surface area (Å²) in [7, 11) is -9.23. The number of fused-ring (bicyclic) bond motifs is 2. The molecular weight excluding hydrogens is 556 g/mol. The Labute approximate surface area is 237 Å². The summed E-state index contributed by atoms with van der Waals surface area (Å²) >= 11 is 0. The minimum Gasteiger partial charge on any atom is -0.289 e. The summed E-state index contributed by atoms with van der Waals surface area (Å²) in [6, 6.07) is 33.5. The summed E-state index contributed by atoms with van der Waals surface area (Å²) in [4.78, 5) is 18.0. The molecule has 0 atom stereocenters. The molecule has 0 saturated carbocycles. The molecule has 1 heterocycles. The molecule has 0 bridgehead atoms. The van der Waals surface area contributed by atoms with E-state index in [0.29, 0.717) is 20.0 Å². The molecule has 0 saturated heterocycles. The second kappa shape index (κ2) is 10.3. The van der Waals surface area contributed by atoms with E-state index in [0.717, 1.165) is 11.1 Å². The Balaban J connectivity index is 1.62. The molecule has 7 nitrogen and oxygen atoms in total. The van der Waals surface area contributed by atoms with Crippen LogP contribution in [0.3, 0.4) is 0 Å². The van der Waals surface area contributed by atoms with Crippen molar-refractivity contribution in [3.05, 3.63) is 144 Å². The summed E-state index contributed by atoms with van der Waals surface area (Å²) in [6.07, 6.45) is 1.69. The highest BCUT2D eigenvalue weighted by Crippen LogP contribution is 2.32. The third-order valence-electron chi connectivity index (χ3n) is 6.70. The predicted octanol–water partition coefficient (Wildman–Crippen LogP) is 6.00. The van der Waals surface area contributed by atoms with Crippen LogP contribution in [0.1, 0.15) is 0 Å². The van der Waals surface area contributed by atoms with Crippen LogP contribution in [-0.2, 0) is 20.0 Å². The molecule has 0 aliphatic carbocycles. The zero-order chi connectivity index (χ0) is 28.6. The van der Waals surface area contributed by atoms with Gasteiger partial charge in [-0.05, 0) is 59.5 Å². The van der Waals surface area contributed by atoms with Crippen molar-refractivity contribution in [2.75, 3.05) is 3.71 Å². The van der Waals surface area contributed by atoms with Crippen LogP contribution in [0.2, 0.25) is 0 Å². The van der Waals surface area contributed by atoms with Gasteiger partial charge < -0.3 is 0 Å². The Morgan fingerprint density at radius 3 is 1.66 bits per heavy atom. The Morgan fingerprint density at radius 2 is 1.07 bits per heavy atom. The zero-order valence-electron chi connectivity index (χ0n) is 21.5. The summed E-state index contributed by atoms with van der Waals surface area (Å²) in [6.45, 7) is 0. The van der Waals surface area contributed by atoms with Gasteiger partial charge in [0.2, 0.25) is 0 Å². The average Bonchev–Trinajstić information content (AvgIpc) is 3.14. The fourth-order valence-corrected chi connectivity index (χ4v) is 8.39. The van der Waals surface area contributed by atoms with E-state index in [1.54, 1.807) is 36.5 Å². The van der Waals surface area contributed by atoms with Crippen LogP contribution in [0.25, 0.3) is 32.8 Å². The first-order chi connectivity index (χ1) is 19.8. The van der Waals surface area contributed by atoms with Crippen molar-refractivity contribution in [1.82, 2.24) is 4.98 Å². The lowest BCUT2D eigenvalue weighted by molar-refractivity contribution is 0.584. The number of benzene rings is 4. The number of sulfonamides is 2. The van der Waals surface area contributed by atoms with E-state index in [2.05, 4.69) is 4.98 Å². The van der Waals surface area contributed by atoms with Crippen LogP contribution in [0.15, 0.2) is 148 Å². The lowest BCUT2D eigenvalue weighted by Crippen LogP contribution is -2.37. The highest BCUT2D eigenvalue weighted by atomic mass is 32.3. The largest absolute Gasteiger partial charge is 0.289 e. The van der Waals surface area contributed by atoms with Gasteiger partial charge in [0.05, 0.1) is 21.0 Å². The zero-order valence-corrected chi connectivity index (χ0v) is 23.1. The van der Waals surface area contributed by atoms with Gasteiger partial charge in [0.15, 0.2) is 5.43 Å². The maximum atomic E-state index is 13.9. The van der Waals surface area contributed by atoms with Crippen molar-refractivity contribution in [3.63, 3.8) is 0 Å². The van der Waals surface area contributed by atoms with E-state index >= 15 is 0 Å². The molecule has 0 unspecified atom stereocenters. The third-order valence-corrected chi connectivity index (χ3v) is 10.9. The fraction of sp³-hybridized carbons (Fsp3) is 0. The number of rotatable bonds is 6. The number of anilines is 1. The van der Waals surface area contributed by atoms with Crippen LogP contribution in [0, 0.1) is 0 Å². The molecule has 0 fully saturated rings. The Morgan fingerprint density at radius 1 is 0.537 bits per heavy atom. The highest BCUT2D eigenvalue weighted by Gasteiger charge is 2.37. The van der Waals surface area contributed by atoms with Crippen molar-refractivity contribution in [2.24, 2.45) is 0 Å². The smallest absolute Gasteiger partial charge is 0.277 e. The molecule has 41 heavy (non-hydrogen) atoms. The van der Waals surface area contributed by atoms with Gasteiger partial charge >= 0.3 is 0 Å². The molecule has 0 aliphatic heterocycles. The monoisotopic (exact) mass is 578 g/mol. The van der Waals surface area contributed by atoms with Gasteiger partial charge in [-0.2, -0.15) is 3.71 Å². The number of hydrogen-bond acceptors (Lipinski definition) is 6. The normalized spacial score (nSPS) is 11.9. The molecule has 0 N–H and O–H groups in total. The first-order valence-corrected chi connectivity index (χ1v) is 15.5. The number of aromatic nitrogens is 1. The van der Waals surface area contributed by atoms with Crippen LogP contribution in [-0.4, -0.2) is 21.8 Å². The molecule has 202 valence electrons. The van der Waals surface area contributed by atoms with Gasteiger partial charge in [0.25, 0.3) is 20.0 Å². The van der Waals surface area contributed by atoms with E-state index in [-0.39, 0.29) is 20.9 Å². The quantitative estimate of drug-likeness (QED) is 0.240. The molecule has 9 heteroatoms. The predicted molar refractivity (Wildman–Crippen MR) is 161 cm³/mol. The van der Waals surface area contributed by atoms with Crippen LogP contribution in [0.4, 0.5) is 5.69 Å². The van der Waals surface area contributed by atoms with Gasteiger partial charge in [-0.25, -0.2) is 16.8 Å². The molecule has 6 rings (SSSR count). The lowest BCUT2D eigenvalue weighted by atomic mass is 10.1. The van der Waals surface area contributed by atoms with E-state index < -0.39 is 25.5 Å². The third kappa shape index (κ3) is 4.75. The van der Waals surface area contributed by atoms with Crippen molar-refractivity contribution in [1.29, 1.82) is 0 Å². The maximum Gasteiger partial charge on any atom is 0.277 e. The summed E-state index contributed by atoms with van der Waals surface area (Å²) in [5, 5.41) is 0.982. The van der Waals surface area contributed by atoms with Gasteiger partial charge in [0.1, 0.15) is 0 Å². The van der Waals surface area contributed by atoms with Crippen LogP contribution in [0.5, 0.6) is 0 Å². The average molecular weight is 579 g/mol. The molecule has 0 amide bonds. The Bertz CT molecular complexity index is 2120. The molecule has 1 aromatic heterocycles. The topological polar surface area (TPSA) is 101 Å². The minimum absolute atomic E-state index is 0.154. The Hall–Kier alpha value is -4.86. The molecular formula is C32H22N2O5S2. The minimum atomic E-state index is -4.61. The SMILES string of the molecule is O=c1c2cc(N(S(=O)(=O)c3ccccc3)S(=O)(=O)c3ccccc3)ccc2ccc2ncc(-c3ccccc3)cc12. The van der Waals surface area contributed by atoms with E-state index in [4.69, 9.17) is 0 Å². The summed E-state index contributed by atoms with van der Waals surface area (Å²) in [5.41, 5.74) is 1.49. The van der Waals surface area contributed by atoms with Gasteiger partial charge in [-0.15, -0.1) is 0 Å². The summed E-state index contributed by atoms with van der Waals surface area (Å²) < 4.78 is 56.0. The standard InChI is InChI=1S/C32H22N2O5S2/c35-32-29-21-26(18-16-24(29)17-19-31-30(32)20-25(22-33-31)23-10-4-1-5-11-23)34(40(36,37)27-12-6-2-7-13-27)41(38,39)28-14-8-3-9-15-28/h1-22H. The molecule has 0 spiro atoms. The van der Waals surface area contributed by atoms with Crippen LogP contribution < -0.4 is 9.14 Å². The van der Waals surface area contributed by atoms with Crippen molar-refractivity contribution in [3.8, 4) is 11.1 Å². The highest BCUT2D eigenvalue weighted by molar-refractivity contribution is 8.10. The number of nitrogens with zero attached hydrogens (tertiary/aromatic N) is 2. The first kappa shape index (κ1) is 26.4. The molecule has 0 radical (unpaired) electrons. The second-order valence-corrected chi connectivity index (χ2v) is 13.1. The molecule has 5 aromatic carbocycles. The lowest BCUT2D eigenvalue weighted by Gasteiger charge is -2.24. The van der Waals surface area contributed by atoms with E-state index in [1.807, 2.05) is 30.3 Å². The van der Waals surface area contributed by atoms with Crippen LogP contribution >= 0.6 is 0 Å². The number of pyridine rings is 1. The molecule has 0 aliphatic rings. The summed E-state index contributed by atoms with van der Waals surface area (Å²) in [5.74, 6) is 0. The van der Waals surface area contributed by atoms with Crippen molar-refractivity contribution >= 4 is 47.4 Å². The van der Waals surface area contributed by atoms with Crippen molar-refractivity contribution < 1.29 is 16.8 Å². The second-order valence-electron chi connectivity index (χ2n) is 9.29. The number of hydrogen-bond donors (Lipinski definition) is 0. The van der Waals surface area contributed by atoms with Crippen molar-refractivity contribution in [2.45, 2.75) is 9.79 Å².